The van der Waals surface area contributed by atoms with Crippen molar-refractivity contribution in [2.45, 2.75) is 51.4 Å². The Hall–Kier alpha value is -1.95. The fourth-order valence-electron chi connectivity index (χ4n) is 2.10. The second-order valence-electron chi connectivity index (χ2n) is 5.11. The van der Waals surface area contributed by atoms with Crippen molar-refractivity contribution < 1.29 is 14.6 Å². The maximum Gasteiger partial charge on any atom is 0.335 e. The summed E-state index contributed by atoms with van der Waals surface area (Å²) >= 11 is 0. The first kappa shape index (κ1) is 17.1. The first-order valence-electron chi connectivity index (χ1n) is 7.63. The Morgan fingerprint density at radius 1 is 1.00 bits per heavy atom. The lowest BCUT2D eigenvalue weighted by Crippen LogP contribution is -1.99. The van der Waals surface area contributed by atoms with E-state index in [1.54, 1.807) is 24.3 Å². The fourth-order valence-corrected chi connectivity index (χ4v) is 2.10. The molecule has 0 aliphatic heterocycles. The van der Waals surface area contributed by atoms with Crippen LogP contribution in [0.4, 0.5) is 0 Å². The van der Waals surface area contributed by atoms with E-state index >= 15 is 0 Å². The molecule has 21 heavy (non-hydrogen) atoms. The van der Waals surface area contributed by atoms with Gasteiger partial charge < -0.3 is 9.84 Å². The molecule has 0 spiro atoms. The van der Waals surface area contributed by atoms with Crippen molar-refractivity contribution in [1.29, 1.82) is 0 Å². The van der Waals surface area contributed by atoms with Gasteiger partial charge in [-0.25, -0.2) is 4.79 Å². The SMILES string of the molecule is C#CCCCCCCCCCOc1ccc(C(=O)O)cc1. The molecule has 0 amide bonds. The van der Waals surface area contributed by atoms with Crippen LogP contribution in [0.5, 0.6) is 5.75 Å². The van der Waals surface area contributed by atoms with E-state index in [4.69, 9.17) is 16.3 Å². The normalized spacial score (nSPS) is 10.0. The summed E-state index contributed by atoms with van der Waals surface area (Å²) < 4.78 is 5.59. The highest BCUT2D eigenvalue weighted by atomic mass is 16.5. The molecule has 3 nitrogen and oxygen atoms in total. The van der Waals surface area contributed by atoms with E-state index in [0.717, 1.165) is 25.0 Å². The summed E-state index contributed by atoms with van der Waals surface area (Å²) in [5.74, 6) is 2.48. The van der Waals surface area contributed by atoms with E-state index in [9.17, 15) is 4.79 Å². The lowest BCUT2D eigenvalue weighted by molar-refractivity contribution is 0.0697. The molecule has 0 heterocycles. The zero-order valence-corrected chi connectivity index (χ0v) is 12.5. The van der Waals surface area contributed by atoms with Crippen molar-refractivity contribution in [2.75, 3.05) is 6.61 Å². The van der Waals surface area contributed by atoms with Crippen LogP contribution in [0.3, 0.4) is 0 Å². The van der Waals surface area contributed by atoms with Crippen molar-refractivity contribution in [3.8, 4) is 18.1 Å². The molecular formula is C18H24O3. The molecule has 0 fully saturated rings. The molecule has 0 unspecified atom stereocenters. The van der Waals surface area contributed by atoms with Crippen molar-refractivity contribution >= 4 is 5.97 Å². The predicted octanol–water partition coefficient (Wildman–Crippen LogP) is 4.52. The average molecular weight is 288 g/mol. The quantitative estimate of drug-likeness (QED) is 0.481. The van der Waals surface area contributed by atoms with Crippen LogP contribution in [0, 0.1) is 12.3 Å². The summed E-state index contributed by atoms with van der Waals surface area (Å²) in [6, 6.07) is 6.53. The van der Waals surface area contributed by atoms with Gasteiger partial charge in [0, 0.05) is 6.42 Å². The number of aromatic carboxylic acids is 1. The molecule has 3 heteroatoms. The fraction of sp³-hybridized carbons (Fsp3) is 0.500. The van der Waals surface area contributed by atoms with E-state index in [2.05, 4.69) is 5.92 Å². The number of ether oxygens (including phenoxy) is 1. The summed E-state index contributed by atoms with van der Waals surface area (Å²) in [6.07, 6.45) is 14.4. The maximum atomic E-state index is 10.7. The first-order chi connectivity index (χ1) is 10.2. The van der Waals surface area contributed by atoms with Crippen molar-refractivity contribution in [3.05, 3.63) is 29.8 Å². The molecule has 0 aliphatic rings. The molecule has 1 aromatic carbocycles. The third-order valence-corrected chi connectivity index (χ3v) is 3.34. The third-order valence-electron chi connectivity index (χ3n) is 3.34. The highest BCUT2D eigenvalue weighted by Gasteiger charge is 2.01. The summed E-state index contributed by atoms with van der Waals surface area (Å²) in [6.45, 7) is 0.684. The molecule has 1 rings (SSSR count). The summed E-state index contributed by atoms with van der Waals surface area (Å²) in [4.78, 5) is 10.7. The number of carboxylic acid groups (broad SMARTS) is 1. The van der Waals surface area contributed by atoms with Gasteiger partial charge in [0.1, 0.15) is 5.75 Å². The molecule has 114 valence electrons. The maximum absolute atomic E-state index is 10.7. The number of carboxylic acids is 1. The van der Waals surface area contributed by atoms with Gasteiger partial charge in [-0.3, -0.25) is 0 Å². The number of hydrogen-bond acceptors (Lipinski definition) is 2. The Bertz CT molecular complexity index is 443. The van der Waals surface area contributed by atoms with Gasteiger partial charge >= 0.3 is 5.97 Å². The molecule has 0 radical (unpaired) electrons. The van der Waals surface area contributed by atoms with Gasteiger partial charge in [-0.15, -0.1) is 12.3 Å². The number of benzene rings is 1. The number of rotatable bonds is 11. The second kappa shape index (κ2) is 10.8. The Morgan fingerprint density at radius 2 is 1.57 bits per heavy atom. The largest absolute Gasteiger partial charge is 0.494 e. The molecule has 0 aliphatic carbocycles. The minimum Gasteiger partial charge on any atom is -0.494 e. The zero-order chi connectivity index (χ0) is 15.3. The minimum absolute atomic E-state index is 0.284. The van der Waals surface area contributed by atoms with Gasteiger partial charge in [-0.2, -0.15) is 0 Å². The van der Waals surface area contributed by atoms with Crippen molar-refractivity contribution in [2.24, 2.45) is 0 Å². The van der Waals surface area contributed by atoms with Gasteiger partial charge in [-0.05, 0) is 37.1 Å². The number of unbranched alkanes of at least 4 members (excludes halogenated alkanes) is 7. The van der Waals surface area contributed by atoms with E-state index in [-0.39, 0.29) is 5.56 Å². The number of terminal acetylenes is 1. The van der Waals surface area contributed by atoms with Crippen LogP contribution in [0.1, 0.15) is 61.7 Å². The lowest BCUT2D eigenvalue weighted by atomic mass is 10.1. The first-order valence-corrected chi connectivity index (χ1v) is 7.63. The molecule has 0 saturated carbocycles. The summed E-state index contributed by atoms with van der Waals surface area (Å²) in [7, 11) is 0. The summed E-state index contributed by atoms with van der Waals surface area (Å²) in [5.41, 5.74) is 0.284. The van der Waals surface area contributed by atoms with Crippen LogP contribution < -0.4 is 4.74 Å². The Labute approximate surface area is 127 Å². The van der Waals surface area contributed by atoms with Gasteiger partial charge in [0.05, 0.1) is 12.2 Å². The minimum atomic E-state index is -0.913. The number of carbonyl (C=O) groups is 1. The smallest absolute Gasteiger partial charge is 0.335 e. The molecule has 0 aromatic heterocycles. The van der Waals surface area contributed by atoms with E-state index in [1.807, 2.05) is 0 Å². The van der Waals surface area contributed by atoms with Crippen molar-refractivity contribution in [3.63, 3.8) is 0 Å². The van der Waals surface area contributed by atoms with Crippen molar-refractivity contribution in [1.82, 2.24) is 0 Å². The molecule has 0 saturated heterocycles. The van der Waals surface area contributed by atoms with E-state index in [0.29, 0.717) is 6.61 Å². The van der Waals surface area contributed by atoms with Gasteiger partial charge in [0.25, 0.3) is 0 Å². The topological polar surface area (TPSA) is 46.5 Å². The van der Waals surface area contributed by atoms with Gasteiger partial charge in [-0.1, -0.05) is 32.1 Å². The Morgan fingerprint density at radius 3 is 2.14 bits per heavy atom. The monoisotopic (exact) mass is 288 g/mol. The molecule has 1 aromatic rings. The highest BCUT2D eigenvalue weighted by Crippen LogP contribution is 2.13. The number of hydrogen-bond donors (Lipinski definition) is 1. The average Bonchev–Trinajstić information content (AvgIpc) is 2.49. The van der Waals surface area contributed by atoms with Gasteiger partial charge in [0.2, 0.25) is 0 Å². The van der Waals surface area contributed by atoms with Gasteiger partial charge in [0.15, 0.2) is 0 Å². The molecule has 0 atom stereocenters. The lowest BCUT2D eigenvalue weighted by Gasteiger charge is -2.06. The second-order valence-corrected chi connectivity index (χ2v) is 5.11. The molecule has 0 bridgehead atoms. The highest BCUT2D eigenvalue weighted by molar-refractivity contribution is 5.87. The van der Waals surface area contributed by atoms with Crippen LogP contribution in [0.15, 0.2) is 24.3 Å². The molecular weight excluding hydrogens is 264 g/mol. The van der Waals surface area contributed by atoms with Crippen LogP contribution in [-0.2, 0) is 0 Å². The van der Waals surface area contributed by atoms with Crippen LogP contribution in [-0.4, -0.2) is 17.7 Å². The van der Waals surface area contributed by atoms with E-state index in [1.165, 1.54) is 32.1 Å². The standard InChI is InChI=1S/C18H24O3/c1-2-3-4-5-6-7-8-9-10-15-21-17-13-11-16(12-14-17)18(19)20/h1,11-14H,3-10,15H2,(H,19,20). The zero-order valence-electron chi connectivity index (χ0n) is 12.5. The van der Waals surface area contributed by atoms with Crippen LogP contribution >= 0.6 is 0 Å². The third kappa shape index (κ3) is 8.04. The molecule has 1 N–H and O–H groups in total. The predicted molar refractivity (Wildman–Crippen MR) is 84.7 cm³/mol. The van der Waals surface area contributed by atoms with E-state index < -0.39 is 5.97 Å². The summed E-state index contributed by atoms with van der Waals surface area (Å²) in [5, 5.41) is 8.79. The Balaban J connectivity index is 1.99. The Kier molecular flexibility index (Phi) is 8.79. The van der Waals surface area contributed by atoms with Crippen LogP contribution in [0.2, 0.25) is 0 Å². The van der Waals surface area contributed by atoms with Crippen LogP contribution in [0.25, 0.3) is 0 Å².